The summed E-state index contributed by atoms with van der Waals surface area (Å²) in [6, 6.07) is 6.08. The van der Waals surface area contributed by atoms with E-state index in [9.17, 15) is 19.5 Å². The molecule has 6 heteroatoms. The molecule has 0 saturated carbocycles. The number of nitrogens with one attached hydrogen (secondary N) is 1. The Morgan fingerprint density at radius 2 is 1.95 bits per heavy atom. The average Bonchev–Trinajstić information content (AvgIpc) is 2.91. The number of aliphatic carboxylic acids is 1. The molecule has 2 atom stereocenters. The lowest BCUT2D eigenvalue weighted by Gasteiger charge is -2.35. The highest BCUT2D eigenvalue weighted by Crippen LogP contribution is 2.25. The maximum atomic E-state index is 12.5. The molecule has 1 aromatic carbocycles. The second kappa shape index (κ2) is 5.20. The van der Waals surface area contributed by atoms with Crippen molar-refractivity contribution < 1.29 is 19.5 Å². The Bertz CT molecular complexity index is 613. The second-order valence-corrected chi connectivity index (χ2v) is 5.45. The zero-order valence-electron chi connectivity index (χ0n) is 11.4. The van der Waals surface area contributed by atoms with Gasteiger partial charge in [0, 0.05) is 19.4 Å². The Hall–Kier alpha value is -2.37. The van der Waals surface area contributed by atoms with Gasteiger partial charge in [0.25, 0.3) is 0 Å². The van der Waals surface area contributed by atoms with Gasteiger partial charge in [-0.2, -0.15) is 0 Å². The minimum atomic E-state index is -1.01. The summed E-state index contributed by atoms with van der Waals surface area (Å²) in [7, 11) is 0. The van der Waals surface area contributed by atoms with Gasteiger partial charge in [-0.3, -0.25) is 9.59 Å². The molecule has 3 rings (SSSR count). The first-order chi connectivity index (χ1) is 10.1. The summed E-state index contributed by atoms with van der Waals surface area (Å²) in [5, 5.41) is 12.0. The Kier molecular flexibility index (Phi) is 3.37. The Labute approximate surface area is 121 Å². The van der Waals surface area contributed by atoms with Gasteiger partial charge >= 0.3 is 5.97 Å². The molecule has 21 heavy (non-hydrogen) atoms. The third kappa shape index (κ3) is 2.49. The number of benzene rings is 1. The van der Waals surface area contributed by atoms with Crippen LogP contribution in [0, 0.1) is 0 Å². The van der Waals surface area contributed by atoms with Crippen molar-refractivity contribution in [3.05, 3.63) is 35.4 Å². The summed E-state index contributed by atoms with van der Waals surface area (Å²) in [5.41, 5.74) is 1.93. The van der Waals surface area contributed by atoms with Crippen molar-refractivity contribution in [2.45, 2.75) is 37.9 Å². The van der Waals surface area contributed by atoms with Crippen molar-refractivity contribution in [1.29, 1.82) is 0 Å². The van der Waals surface area contributed by atoms with Gasteiger partial charge in [-0.25, -0.2) is 4.79 Å². The van der Waals surface area contributed by atoms with E-state index in [-0.39, 0.29) is 18.4 Å². The van der Waals surface area contributed by atoms with Gasteiger partial charge < -0.3 is 15.3 Å². The van der Waals surface area contributed by atoms with Crippen molar-refractivity contribution in [1.82, 2.24) is 10.2 Å². The molecule has 0 bridgehead atoms. The molecule has 0 unspecified atom stereocenters. The van der Waals surface area contributed by atoms with Crippen LogP contribution in [-0.2, 0) is 27.3 Å². The molecule has 1 aromatic rings. The van der Waals surface area contributed by atoms with E-state index in [0.29, 0.717) is 19.3 Å². The van der Waals surface area contributed by atoms with E-state index in [1.807, 2.05) is 24.3 Å². The molecule has 0 aromatic heterocycles. The highest BCUT2D eigenvalue weighted by atomic mass is 16.4. The SMILES string of the molecule is O=C1CC[C@H](C(=O)N2Cc3ccccc3C[C@H]2C(=O)O)N1. The first-order valence-corrected chi connectivity index (χ1v) is 6.95. The minimum Gasteiger partial charge on any atom is -0.480 e. The van der Waals surface area contributed by atoms with E-state index in [1.165, 1.54) is 4.90 Å². The fourth-order valence-electron chi connectivity index (χ4n) is 2.97. The molecule has 2 N–H and O–H groups in total. The third-order valence-electron chi connectivity index (χ3n) is 4.11. The van der Waals surface area contributed by atoms with Gasteiger partial charge in [0.2, 0.25) is 11.8 Å². The van der Waals surface area contributed by atoms with Gasteiger partial charge in [0.05, 0.1) is 0 Å². The van der Waals surface area contributed by atoms with Crippen LogP contribution in [0.1, 0.15) is 24.0 Å². The second-order valence-electron chi connectivity index (χ2n) is 5.45. The molecule has 2 aliphatic rings. The van der Waals surface area contributed by atoms with Crippen molar-refractivity contribution in [2.24, 2.45) is 0 Å². The molecule has 2 heterocycles. The largest absolute Gasteiger partial charge is 0.480 e. The quantitative estimate of drug-likeness (QED) is 0.819. The van der Waals surface area contributed by atoms with E-state index in [0.717, 1.165) is 11.1 Å². The molecule has 0 spiro atoms. The molecular weight excluding hydrogens is 272 g/mol. The molecule has 0 aliphatic carbocycles. The summed E-state index contributed by atoms with van der Waals surface area (Å²) in [4.78, 5) is 36.6. The summed E-state index contributed by atoms with van der Waals surface area (Å²) in [6.07, 6.45) is 1.05. The van der Waals surface area contributed by atoms with Gasteiger partial charge in [-0.15, -0.1) is 0 Å². The molecule has 1 saturated heterocycles. The molecular formula is C15H16N2O4. The highest BCUT2D eigenvalue weighted by Gasteiger charge is 2.39. The van der Waals surface area contributed by atoms with Crippen LogP contribution in [0.5, 0.6) is 0 Å². The maximum absolute atomic E-state index is 12.5. The zero-order chi connectivity index (χ0) is 15.0. The summed E-state index contributed by atoms with van der Waals surface area (Å²) < 4.78 is 0. The molecule has 6 nitrogen and oxygen atoms in total. The van der Waals surface area contributed by atoms with E-state index < -0.39 is 18.1 Å². The Morgan fingerprint density at radius 1 is 1.24 bits per heavy atom. The van der Waals surface area contributed by atoms with Crippen LogP contribution in [0.25, 0.3) is 0 Å². The Balaban J connectivity index is 1.87. The lowest BCUT2D eigenvalue weighted by Crippen LogP contribution is -2.53. The van der Waals surface area contributed by atoms with Gasteiger partial charge in [0.1, 0.15) is 12.1 Å². The normalized spacial score (nSPS) is 24.4. The predicted molar refractivity (Wildman–Crippen MR) is 73.3 cm³/mol. The molecule has 0 radical (unpaired) electrons. The van der Waals surface area contributed by atoms with Gasteiger partial charge in [0.15, 0.2) is 0 Å². The van der Waals surface area contributed by atoms with Crippen LogP contribution in [0.15, 0.2) is 24.3 Å². The lowest BCUT2D eigenvalue weighted by atomic mass is 9.93. The number of fused-ring (bicyclic) bond motifs is 1. The number of carbonyl (C=O) groups is 3. The maximum Gasteiger partial charge on any atom is 0.326 e. The first kappa shape index (κ1) is 13.6. The van der Waals surface area contributed by atoms with Crippen LogP contribution >= 0.6 is 0 Å². The first-order valence-electron chi connectivity index (χ1n) is 6.95. The van der Waals surface area contributed by atoms with Crippen molar-refractivity contribution >= 4 is 17.8 Å². The fourth-order valence-corrected chi connectivity index (χ4v) is 2.97. The zero-order valence-corrected chi connectivity index (χ0v) is 11.4. The van der Waals surface area contributed by atoms with E-state index in [2.05, 4.69) is 5.32 Å². The number of rotatable bonds is 2. The van der Waals surface area contributed by atoms with Crippen molar-refractivity contribution in [2.75, 3.05) is 0 Å². The van der Waals surface area contributed by atoms with Gasteiger partial charge in [-0.1, -0.05) is 24.3 Å². The van der Waals surface area contributed by atoms with E-state index in [4.69, 9.17) is 0 Å². The number of amides is 2. The molecule has 1 fully saturated rings. The number of hydrogen-bond donors (Lipinski definition) is 2. The van der Waals surface area contributed by atoms with Crippen LogP contribution < -0.4 is 5.32 Å². The Morgan fingerprint density at radius 3 is 2.57 bits per heavy atom. The minimum absolute atomic E-state index is 0.155. The number of carbonyl (C=O) groups excluding carboxylic acids is 2. The van der Waals surface area contributed by atoms with Crippen LogP contribution in [0.2, 0.25) is 0 Å². The van der Waals surface area contributed by atoms with Crippen molar-refractivity contribution in [3.8, 4) is 0 Å². The highest BCUT2D eigenvalue weighted by molar-refractivity contribution is 5.93. The summed E-state index contributed by atoms with van der Waals surface area (Å²) in [5.74, 6) is -1.47. The summed E-state index contributed by atoms with van der Waals surface area (Å²) in [6.45, 7) is 0.276. The molecule has 2 aliphatic heterocycles. The standard InChI is InChI=1S/C15H16N2O4/c18-13-6-5-11(16-13)14(19)17-8-10-4-2-1-3-9(10)7-12(17)15(20)21/h1-4,11-12H,5-8H2,(H,16,18)(H,20,21)/t11-,12+/m1/s1. The molecule has 2 amide bonds. The molecule has 110 valence electrons. The number of hydrogen-bond acceptors (Lipinski definition) is 3. The smallest absolute Gasteiger partial charge is 0.326 e. The van der Waals surface area contributed by atoms with Crippen molar-refractivity contribution in [3.63, 3.8) is 0 Å². The van der Waals surface area contributed by atoms with Crippen LogP contribution in [0.3, 0.4) is 0 Å². The average molecular weight is 288 g/mol. The number of carboxylic acids is 1. The summed E-state index contributed by atoms with van der Waals surface area (Å²) >= 11 is 0. The monoisotopic (exact) mass is 288 g/mol. The fraction of sp³-hybridized carbons (Fsp3) is 0.400. The lowest BCUT2D eigenvalue weighted by molar-refractivity contribution is -0.152. The van der Waals surface area contributed by atoms with E-state index >= 15 is 0 Å². The van der Waals surface area contributed by atoms with E-state index in [1.54, 1.807) is 0 Å². The topological polar surface area (TPSA) is 86.7 Å². The number of nitrogens with zero attached hydrogens (tertiary/aromatic N) is 1. The van der Waals surface area contributed by atoms with Crippen LogP contribution in [0.4, 0.5) is 0 Å². The third-order valence-corrected chi connectivity index (χ3v) is 4.11. The van der Waals surface area contributed by atoms with Crippen LogP contribution in [-0.4, -0.2) is 39.9 Å². The number of carboxylic acid groups (broad SMARTS) is 1. The van der Waals surface area contributed by atoms with Gasteiger partial charge in [-0.05, 0) is 17.5 Å². The predicted octanol–water partition coefficient (Wildman–Crippen LogP) is 0.303.